The average Bonchev–Trinajstić information content (AvgIpc) is 2.77. The van der Waals surface area contributed by atoms with Crippen molar-refractivity contribution >= 4 is 23.9 Å². The molecule has 4 N–H and O–H groups in total. The summed E-state index contributed by atoms with van der Waals surface area (Å²) in [6.07, 6.45) is 11.6. The Balaban J connectivity index is 0.000000181. The van der Waals surface area contributed by atoms with Crippen LogP contribution >= 0.6 is 0 Å². The maximum absolute atomic E-state index is 11.4. The summed E-state index contributed by atoms with van der Waals surface area (Å²) in [7, 11) is 0. The molecule has 0 aromatic carbocycles. The Morgan fingerprint density at radius 1 is 0.594 bits per heavy atom. The number of hydrogen-bond acceptors (Lipinski definition) is 4. The highest BCUT2D eigenvalue weighted by Crippen LogP contribution is 2.51. The zero-order chi connectivity index (χ0) is 23.5. The molecule has 180 valence electrons. The molecule has 0 aromatic heterocycles. The zero-order valence-corrected chi connectivity index (χ0v) is 18.6. The lowest BCUT2D eigenvalue weighted by atomic mass is 9.57. The van der Waals surface area contributed by atoms with E-state index in [0.29, 0.717) is 24.7 Å². The molecule has 4 fully saturated rings. The molecule has 8 nitrogen and oxygen atoms in total. The van der Waals surface area contributed by atoms with Gasteiger partial charge in [-0.2, -0.15) is 0 Å². The van der Waals surface area contributed by atoms with Gasteiger partial charge in [0.25, 0.3) is 0 Å². The van der Waals surface area contributed by atoms with E-state index in [-0.39, 0.29) is 11.8 Å². The summed E-state index contributed by atoms with van der Waals surface area (Å²) in [6.45, 7) is 0. The molecule has 0 heterocycles. The fourth-order valence-corrected chi connectivity index (χ4v) is 7.22. The largest absolute Gasteiger partial charge is 0.481 e. The molecule has 4 saturated carbocycles. The smallest absolute Gasteiger partial charge is 0.321 e. The molecule has 0 radical (unpaired) electrons. The Labute approximate surface area is 188 Å². The molecule has 0 bridgehead atoms. The van der Waals surface area contributed by atoms with Crippen molar-refractivity contribution in [1.29, 1.82) is 0 Å². The minimum absolute atomic E-state index is 0.0982. The highest BCUT2D eigenvalue weighted by Gasteiger charge is 2.57. The first kappa shape index (κ1) is 24.5. The van der Waals surface area contributed by atoms with E-state index in [4.69, 9.17) is 5.11 Å². The van der Waals surface area contributed by atoms with Crippen molar-refractivity contribution in [3.63, 3.8) is 0 Å². The number of carboxylic acid groups (broad SMARTS) is 4. The van der Waals surface area contributed by atoms with Crippen molar-refractivity contribution in [1.82, 2.24) is 0 Å². The number of fused-ring (bicyclic) bond motifs is 2. The van der Waals surface area contributed by atoms with Gasteiger partial charge in [-0.1, -0.05) is 51.4 Å². The van der Waals surface area contributed by atoms with Crippen LogP contribution in [0.2, 0.25) is 0 Å². The molecule has 4 rings (SSSR count). The first-order valence-corrected chi connectivity index (χ1v) is 12.1. The van der Waals surface area contributed by atoms with Crippen LogP contribution in [0.1, 0.15) is 83.5 Å². The molecular weight excluding hydrogens is 416 g/mol. The number of aliphatic carboxylic acids is 4. The molecule has 0 amide bonds. The van der Waals surface area contributed by atoms with Crippen LogP contribution in [0.3, 0.4) is 0 Å². The van der Waals surface area contributed by atoms with Gasteiger partial charge in [-0.05, 0) is 55.8 Å². The van der Waals surface area contributed by atoms with E-state index in [1.54, 1.807) is 0 Å². The summed E-state index contributed by atoms with van der Waals surface area (Å²) in [5.41, 5.74) is -1.50. The third-order valence-electron chi connectivity index (χ3n) is 8.76. The van der Waals surface area contributed by atoms with E-state index in [9.17, 15) is 34.5 Å². The highest BCUT2D eigenvalue weighted by atomic mass is 16.4. The fourth-order valence-electron chi connectivity index (χ4n) is 7.22. The molecule has 8 heteroatoms. The second kappa shape index (κ2) is 10.2. The third kappa shape index (κ3) is 4.64. The Bertz CT molecular complexity index is 716. The first-order valence-electron chi connectivity index (χ1n) is 12.1. The van der Waals surface area contributed by atoms with Crippen LogP contribution in [0, 0.1) is 40.9 Å². The van der Waals surface area contributed by atoms with Gasteiger partial charge in [0.05, 0.1) is 11.8 Å². The monoisotopic (exact) mass is 452 g/mol. The molecule has 6 atom stereocenters. The topological polar surface area (TPSA) is 149 Å². The minimum Gasteiger partial charge on any atom is -0.481 e. The summed E-state index contributed by atoms with van der Waals surface area (Å²) in [5, 5.41) is 37.0. The normalized spacial score (nSPS) is 35.8. The van der Waals surface area contributed by atoms with Gasteiger partial charge in [0.15, 0.2) is 5.41 Å². The summed E-state index contributed by atoms with van der Waals surface area (Å²) in [6, 6.07) is 0. The molecular formula is C24H36O8. The number of rotatable bonds is 4. The highest BCUT2D eigenvalue weighted by molar-refractivity contribution is 5.98. The average molecular weight is 453 g/mol. The predicted molar refractivity (Wildman–Crippen MR) is 114 cm³/mol. The molecule has 0 aliphatic heterocycles. The van der Waals surface area contributed by atoms with Gasteiger partial charge >= 0.3 is 23.9 Å². The second-order valence-electron chi connectivity index (χ2n) is 10.2. The quantitative estimate of drug-likeness (QED) is 0.465. The lowest BCUT2D eigenvalue weighted by Gasteiger charge is -2.45. The molecule has 4 aliphatic carbocycles. The van der Waals surface area contributed by atoms with E-state index in [2.05, 4.69) is 0 Å². The van der Waals surface area contributed by atoms with Crippen molar-refractivity contribution in [3.05, 3.63) is 0 Å². The van der Waals surface area contributed by atoms with Crippen molar-refractivity contribution < 1.29 is 39.6 Å². The Hall–Kier alpha value is -2.12. The molecule has 0 spiro atoms. The van der Waals surface area contributed by atoms with Crippen molar-refractivity contribution in [2.45, 2.75) is 83.5 Å². The van der Waals surface area contributed by atoms with Crippen LogP contribution in [0.25, 0.3) is 0 Å². The summed E-state index contributed by atoms with van der Waals surface area (Å²) in [4.78, 5) is 45.1. The molecule has 0 aromatic rings. The van der Waals surface area contributed by atoms with E-state index >= 15 is 0 Å². The fraction of sp³-hybridized carbons (Fsp3) is 0.833. The van der Waals surface area contributed by atoms with Gasteiger partial charge in [-0.3, -0.25) is 19.2 Å². The van der Waals surface area contributed by atoms with E-state index in [0.717, 1.165) is 64.2 Å². The predicted octanol–water partition coefficient (Wildman–Crippen LogP) is 4.12. The Morgan fingerprint density at radius 3 is 1.75 bits per heavy atom. The summed E-state index contributed by atoms with van der Waals surface area (Å²) in [5.74, 6) is -4.71. The van der Waals surface area contributed by atoms with Crippen LogP contribution in [-0.2, 0) is 19.2 Å². The van der Waals surface area contributed by atoms with E-state index in [1.807, 2.05) is 0 Å². The van der Waals surface area contributed by atoms with Crippen molar-refractivity contribution in [2.24, 2.45) is 40.9 Å². The van der Waals surface area contributed by atoms with Gasteiger partial charge in [-0.15, -0.1) is 0 Å². The van der Waals surface area contributed by atoms with E-state index < -0.39 is 41.1 Å². The number of hydrogen-bond donors (Lipinski definition) is 4. The third-order valence-corrected chi connectivity index (χ3v) is 8.76. The number of carbonyl (C=O) groups is 4. The SMILES string of the molecule is O=C(O)C1(C(=O)O)CCCC2CCCCC21.O=C(O)C1CCC2CCCCC2C1C(=O)O. The van der Waals surface area contributed by atoms with Crippen LogP contribution in [0.4, 0.5) is 0 Å². The van der Waals surface area contributed by atoms with Crippen LogP contribution in [0.5, 0.6) is 0 Å². The first-order chi connectivity index (χ1) is 15.2. The maximum atomic E-state index is 11.4. The van der Waals surface area contributed by atoms with Crippen LogP contribution in [0.15, 0.2) is 0 Å². The van der Waals surface area contributed by atoms with Gasteiger partial charge in [-0.25, -0.2) is 0 Å². The lowest BCUT2D eigenvalue weighted by Crippen LogP contribution is -2.51. The van der Waals surface area contributed by atoms with Gasteiger partial charge in [0, 0.05) is 0 Å². The number of carboxylic acids is 4. The second-order valence-corrected chi connectivity index (χ2v) is 10.2. The van der Waals surface area contributed by atoms with Gasteiger partial charge in [0.2, 0.25) is 0 Å². The van der Waals surface area contributed by atoms with Crippen LogP contribution < -0.4 is 0 Å². The van der Waals surface area contributed by atoms with Gasteiger partial charge in [0.1, 0.15) is 0 Å². The molecule has 32 heavy (non-hydrogen) atoms. The summed E-state index contributed by atoms with van der Waals surface area (Å²) >= 11 is 0. The van der Waals surface area contributed by atoms with Gasteiger partial charge < -0.3 is 20.4 Å². The lowest BCUT2D eigenvalue weighted by molar-refractivity contribution is -0.176. The summed E-state index contributed by atoms with van der Waals surface area (Å²) < 4.78 is 0. The Kier molecular flexibility index (Phi) is 7.83. The standard InChI is InChI=1S/2C12H18O4/c13-10(14)12(11(15)16)7-3-5-8-4-1-2-6-9(8)12;13-11(14)9-6-5-7-3-1-2-4-8(7)10(9)12(15)16/h8-9H,1-7H2,(H,13,14)(H,15,16);7-10H,1-6H2,(H,13,14)(H,15,16). The minimum atomic E-state index is -1.50. The zero-order valence-electron chi connectivity index (χ0n) is 18.6. The maximum Gasteiger partial charge on any atom is 0.321 e. The molecule has 6 unspecified atom stereocenters. The Morgan fingerprint density at radius 2 is 1.16 bits per heavy atom. The van der Waals surface area contributed by atoms with Crippen molar-refractivity contribution in [2.75, 3.05) is 0 Å². The molecule has 4 aliphatic rings. The molecule has 0 saturated heterocycles. The van der Waals surface area contributed by atoms with E-state index in [1.165, 1.54) is 6.42 Å². The van der Waals surface area contributed by atoms with Crippen LogP contribution in [-0.4, -0.2) is 44.3 Å². The van der Waals surface area contributed by atoms with Crippen molar-refractivity contribution in [3.8, 4) is 0 Å².